The minimum absolute atomic E-state index is 0.756. The molecule has 1 rings (SSSR count). The average molecular weight is 131 g/mol. The minimum Gasteiger partial charge on any atom is -0.314 e. The van der Waals surface area contributed by atoms with Gasteiger partial charge in [-0.3, -0.25) is 0 Å². The summed E-state index contributed by atoms with van der Waals surface area (Å²) in [5.41, 5.74) is 0.825. The zero-order chi connectivity index (χ0) is 5.98. The van der Waals surface area contributed by atoms with Crippen molar-refractivity contribution in [2.24, 2.45) is 0 Å². The minimum atomic E-state index is 0.756. The van der Waals surface area contributed by atoms with Crippen molar-refractivity contribution >= 4 is 9.24 Å². The Kier molecular flexibility index (Phi) is 2.27. The van der Waals surface area contributed by atoms with Crippen LogP contribution in [-0.2, 0) is 0 Å². The van der Waals surface area contributed by atoms with Crippen molar-refractivity contribution in [2.75, 3.05) is 6.54 Å². The van der Waals surface area contributed by atoms with Crippen LogP contribution in [0.5, 0.6) is 0 Å². The maximum atomic E-state index is 3.41. The molecule has 1 saturated heterocycles. The van der Waals surface area contributed by atoms with Gasteiger partial charge in [-0.1, -0.05) is 0 Å². The molecule has 1 heterocycles. The van der Waals surface area contributed by atoms with Gasteiger partial charge in [0.15, 0.2) is 0 Å². The van der Waals surface area contributed by atoms with Crippen LogP contribution in [0.2, 0.25) is 0 Å². The zero-order valence-corrected chi connectivity index (χ0v) is 6.51. The molecule has 2 heteroatoms. The fourth-order valence-electron chi connectivity index (χ4n) is 1.02. The fraction of sp³-hybridized carbons (Fsp3) is 1.00. The molecule has 0 aromatic carbocycles. The molecule has 0 aromatic rings. The summed E-state index contributed by atoms with van der Waals surface area (Å²) in [5.74, 6) is 0. The van der Waals surface area contributed by atoms with E-state index < -0.39 is 0 Å². The summed E-state index contributed by atoms with van der Waals surface area (Å²) in [7, 11) is 2.86. The molecule has 0 spiro atoms. The largest absolute Gasteiger partial charge is 0.314 e. The van der Waals surface area contributed by atoms with Gasteiger partial charge in [0.1, 0.15) is 0 Å². The lowest BCUT2D eigenvalue weighted by molar-refractivity contribution is 0.433. The van der Waals surface area contributed by atoms with Crippen LogP contribution in [0.15, 0.2) is 0 Å². The standard InChI is InChI=1S/C6H14NP/c1-5-2-3-6(8)4-7-5/h5-7H,2-4,8H2,1H3. The van der Waals surface area contributed by atoms with Crippen LogP contribution >= 0.6 is 9.24 Å². The number of hydrogen-bond acceptors (Lipinski definition) is 1. The van der Waals surface area contributed by atoms with Crippen molar-refractivity contribution in [2.45, 2.75) is 31.5 Å². The van der Waals surface area contributed by atoms with Gasteiger partial charge in [-0.05, 0) is 25.4 Å². The number of hydrogen-bond donors (Lipinski definition) is 1. The Hall–Kier alpha value is 0.390. The molecule has 3 atom stereocenters. The predicted molar refractivity (Wildman–Crippen MR) is 40.2 cm³/mol. The maximum Gasteiger partial charge on any atom is 0.00392 e. The molecular weight excluding hydrogens is 117 g/mol. The summed E-state index contributed by atoms with van der Waals surface area (Å²) in [6.45, 7) is 3.43. The Morgan fingerprint density at radius 1 is 1.50 bits per heavy atom. The molecule has 0 aliphatic carbocycles. The first-order valence-corrected chi connectivity index (χ1v) is 3.94. The molecule has 0 aromatic heterocycles. The van der Waals surface area contributed by atoms with E-state index in [1.165, 1.54) is 19.4 Å². The third-order valence-corrected chi connectivity index (χ3v) is 2.27. The second-order valence-electron chi connectivity index (χ2n) is 2.65. The van der Waals surface area contributed by atoms with E-state index in [9.17, 15) is 0 Å². The van der Waals surface area contributed by atoms with E-state index in [1.807, 2.05) is 0 Å². The van der Waals surface area contributed by atoms with E-state index in [4.69, 9.17) is 0 Å². The lowest BCUT2D eigenvalue weighted by Crippen LogP contribution is -2.36. The third kappa shape index (κ3) is 1.72. The van der Waals surface area contributed by atoms with E-state index in [0.717, 1.165) is 11.7 Å². The van der Waals surface area contributed by atoms with Crippen LogP contribution in [-0.4, -0.2) is 18.2 Å². The highest BCUT2D eigenvalue weighted by Gasteiger charge is 2.12. The molecule has 1 N–H and O–H groups in total. The Morgan fingerprint density at radius 2 is 2.25 bits per heavy atom. The molecule has 8 heavy (non-hydrogen) atoms. The highest BCUT2D eigenvalue weighted by molar-refractivity contribution is 7.17. The average Bonchev–Trinajstić information content (AvgIpc) is 1.77. The van der Waals surface area contributed by atoms with E-state index >= 15 is 0 Å². The molecule has 1 nitrogen and oxygen atoms in total. The van der Waals surface area contributed by atoms with Crippen molar-refractivity contribution in [1.82, 2.24) is 5.32 Å². The fourth-order valence-corrected chi connectivity index (χ4v) is 1.35. The summed E-state index contributed by atoms with van der Waals surface area (Å²) in [6.07, 6.45) is 2.72. The van der Waals surface area contributed by atoms with Crippen LogP contribution < -0.4 is 5.32 Å². The number of nitrogens with one attached hydrogen (secondary N) is 1. The lowest BCUT2D eigenvalue weighted by atomic mass is 10.1. The van der Waals surface area contributed by atoms with Gasteiger partial charge in [0.25, 0.3) is 0 Å². The summed E-state index contributed by atoms with van der Waals surface area (Å²) in [4.78, 5) is 0. The van der Waals surface area contributed by atoms with Crippen molar-refractivity contribution in [3.8, 4) is 0 Å². The van der Waals surface area contributed by atoms with Crippen LogP contribution in [0, 0.1) is 0 Å². The molecule has 1 aliphatic rings. The van der Waals surface area contributed by atoms with E-state index in [2.05, 4.69) is 21.5 Å². The van der Waals surface area contributed by atoms with Gasteiger partial charge in [0.2, 0.25) is 0 Å². The van der Waals surface area contributed by atoms with Crippen LogP contribution in [0.4, 0.5) is 0 Å². The summed E-state index contributed by atoms with van der Waals surface area (Å²) >= 11 is 0. The van der Waals surface area contributed by atoms with Gasteiger partial charge in [0, 0.05) is 12.6 Å². The topological polar surface area (TPSA) is 12.0 Å². The van der Waals surface area contributed by atoms with E-state index in [-0.39, 0.29) is 0 Å². The molecular formula is C6H14NP. The molecule has 0 amide bonds. The first kappa shape index (κ1) is 6.51. The molecule has 0 radical (unpaired) electrons. The van der Waals surface area contributed by atoms with Gasteiger partial charge < -0.3 is 5.32 Å². The molecule has 0 bridgehead atoms. The van der Waals surface area contributed by atoms with Gasteiger partial charge in [0.05, 0.1) is 0 Å². The highest BCUT2D eigenvalue weighted by atomic mass is 31.0. The summed E-state index contributed by atoms with van der Waals surface area (Å²) in [5, 5.41) is 3.41. The third-order valence-electron chi connectivity index (χ3n) is 1.70. The summed E-state index contributed by atoms with van der Waals surface area (Å²) in [6, 6.07) is 0.756. The van der Waals surface area contributed by atoms with Crippen molar-refractivity contribution in [3.05, 3.63) is 0 Å². The second kappa shape index (κ2) is 2.80. The van der Waals surface area contributed by atoms with E-state index in [1.54, 1.807) is 0 Å². The molecule has 0 saturated carbocycles. The SMILES string of the molecule is CC1CCC(P)CN1. The highest BCUT2D eigenvalue weighted by Crippen LogP contribution is 2.13. The monoisotopic (exact) mass is 131 g/mol. The van der Waals surface area contributed by atoms with Gasteiger partial charge in [-0.25, -0.2) is 0 Å². The zero-order valence-electron chi connectivity index (χ0n) is 5.35. The first-order chi connectivity index (χ1) is 3.79. The summed E-state index contributed by atoms with van der Waals surface area (Å²) < 4.78 is 0. The van der Waals surface area contributed by atoms with Gasteiger partial charge in [-0.15, -0.1) is 9.24 Å². The van der Waals surface area contributed by atoms with Crippen molar-refractivity contribution < 1.29 is 0 Å². The molecule has 1 aliphatic heterocycles. The van der Waals surface area contributed by atoms with Crippen molar-refractivity contribution in [3.63, 3.8) is 0 Å². The quantitative estimate of drug-likeness (QED) is 0.484. The van der Waals surface area contributed by atoms with Crippen LogP contribution in [0.3, 0.4) is 0 Å². The Bertz CT molecular complexity index is 56.9. The smallest absolute Gasteiger partial charge is 0.00392 e. The maximum absolute atomic E-state index is 3.41. The van der Waals surface area contributed by atoms with Crippen molar-refractivity contribution in [1.29, 1.82) is 0 Å². The predicted octanol–water partition coefficient (Wildman–Crippen LogP) is 1.00. The number of piperidine rings is 1. The Morgan fingerprint density at radius 3 is 2.62 bits per heavy atom. The van der Waals surface area contributed by atoms with Gasteiger partial charge in [-0.2, -0.15) is 0 Å². The molecule has 3 unspecified atom stereocenters. The van der Waals surface area contributed by atoms with Crippen LogP contribution in [0.1, 0.15) is 19.8 Å². The second-order valence-corrected chi connectivity index (χ2v) is 3.59. The van der Waals surface area contributed by atoms with Crippen LogP contribution in [0.25, 0.3) is 0 Å². The Balaban J connectivity index is 2.19. The van der Waals surface area contributed by atoms with Gasteiger partial charge >= 0.3 is 0 Å². The molecule has 1 fully saturated rings. The molecule has 48 valence electrons. The Labute approximate surface area is 53.4 Å². The number of rotatable bonds is 0. The first-order valence-electron chi connectivity index (χ1n) is 3.28. The lowest BCUT2D eigenvalue weighted by Gasteiger charge is -2.24. The normalized spacial score (nSPS) is 39.8. The van der Waals surface area contributed by atoms with E-state index in [0.29, 0.717) is 0 Å².